The minimum atomic E-state index is -0.977. The van der Waals surface area contributed by atoms with E-state index in [-0.39, 0.29) is 5.70 Å². The van der Waals surface area contributed by atoms with E-state index < -0.39 is 5.97 Å². The highest BCUT2D eigenvalue weighted by molar-refractivity contribution is 5.87. The van der Waals surface area contributed by atoms with Crippen molar-refractivity contribution in [2.45, 2.75) is 0 Å². The van der Waals surface area contributed by atoms with Gasteiger partial charge in [0.05, 0.1) is 0 Å². The fourth-order valence-corrected chi connectivity index (χ4v) is 0.427. The van der Waals surface area contributed by atoms with Gasteiger partial charge in [0.15, 0.2) is 0 Å². The highest BCUT2D eigenvalue weighted by Crippen LogP contribution is 1.98. The number of carbonyl (C=O) groups is 1. The number of carboxylic acids is 1. The molecule has 1 radical (unpaired) electrons. The maximum absolute atomic E-state index is 10.00. The van der Waals surface area contributed by atoms with Crippen LogP contribution in [-0.2, 0) is 4.79 Å². The minimum absolute atomic E-state index is 0.102. The third-order valence-corrected chi connectivity index (χ3v) is 0.773. The third-order valence-electron chi connectivity index (χ3n) is 0.773. The van der Waals surface area contributed by atoms with Crippen LogP contribution in [0.3, 0.4) is 0 Å². The van der Waals surface area contributed by atoms with Gasteiger partial charge in [-0.2, -0.15) is 0 Å². The molecule has 0 fully saturated rings. The first-order valence-corrected chi connectivity index (χ1v) is 2.11. The molecule has 0 unspecified atom stereocenters. The first-order valence-electron chi connectivity index (χ1n) is 2.11. The van der Waals surface area contributed by atoms with Crippen LogP contribution in [0.15, 0.2) is 24.0 Å². The van der Waals surface area contributed by atoms with E-state index in [2.05, 4.69) is 5.32 Å². The lowest BCUT2D eigenvalue weighted by atomic mass is 10.4. The Kier molecular flexibility index (Phi) is 1.04. The van der Waals surface area contributed by atoms with Gasteiger partial charge in [-0.3, -0.25) is 0 Å². The van der Waals surface area contributed by atoms with E-state index in [0.717, 1.165) is 0 Å². The maximum atomic E-state index is 10.00. The minimum Gasteiger partial charge on any atom is -0.477 e. The number of hydrogen-bond donors (Lipinski definition) is 1. The zero-order valence-corrected chi connectivity index (χ0v) is 4.03. The van der Waals surface area contributed by atoms with Gasteiger partial charge in [-0.1, -0.05) is 0 Å². The van der Waals surface area contributed by atoms with Crippen molar-refractivity contribution in [3.8, 4) is 0 Å². The van der Waals surface area contributed by atoms with Gasteiger partial charge in [-0.05, 0) is 12.2 Å². The van der Waals surface area contributed by atoms with Crippen molar-refractivity contribution in [3.63, 3.8) is 0 Å². The summed E-state index contributed by atoms with van der Waals surface area (Å²) in [6.07, 6.45) is 4.48. The molecule has 0 aromatic rings. The molecule has 41 valence electrons. The first-order chi connectivity index (χ1) is 3.80. The van der Waals surface area contributed by atoms with E-state index in [9.17, 15) is 4.79 Å². The Labute approximate surface area is 46.3 Å². The SMILES string of the molecule is O=C(O)C1=CC=C[N]1. The molecule has 0 amide bonds. The molecule has 1 heterocycles. The number of carboxylic acid groups (broad SMARTS) is 1. The molecule has 0 bridgehead atoms. The summed E-state index contributed by atoms with van der Waals surface area (Å²) in [4.78, 5) is 10.00. The molecule has 1 rings (SSSR count). The summed E-state index contributed by atoms with van der Waals surface area (Å²) >= 11 is 0. The number of hydrogen-bond acceptors (Lipinski definition) is 1. The molecule has 1 aliphatic rings. The van der Waals surface area contributed by atoms with E-state index in [1.165, 1.54) is 12.3 Å². The van der Waals surface area contributed by atoms with Crippen molar-refractivity contribution in [2.24, 2.45) is 0 Å². The standard InChI is InChI=1S/C5H4NO2/c7-5(8)4-2-1-3-6-4/h1-3H,(H,7,8). The summed E-state index contributed by atoms with van der Waals surface area (Å²) in [5.41, 5.74) is 0.102. The normalized spacial score (nSPS) is 15.2. The summed E-state index contributed by atoms with van der Waals surface area (Å²) in [5, 5.41) is 11.7. The molecular formula is C5H4NO2. The largest absolute Gasteiger partial charge is 0.477 e. The lowest BCUT2D eigenvalue weighted by molar-refractivity contribution is -0.132. The van der Waals surface area contributed by atoms with Gasteiger partial charge in [-0.15, -0.1) is 0 Å². The van der Waals surface area contributed by atoms with Crippen LogP contribution in [0.5, 0.6) is 0 Å². The molecule has 1 N–H and O–H groups in total. The lowest BCUT2D eigenvalue weighted by Crippen LogP contribution is -2.04. The fourth-order valence-electron chi connectivity index (χ4n) is 0.427. The molecule has 0 spiro atoms. The third kappa shape index (κ3) is 0.703. The van der Waals surface area contributed by atoms with Crippen LogP contribution in [0.2, 0.25) is 0 Å². The molecular weight excluding hydrogens is 106 g/mol. The van der Waals surface area contributed by atoms with Crippen LogP contribution in [-0.4, -0.2) is 11.1 Å². The average Bonchev–Trinajstić information content (AvgIpc) is 2.12. The van der Waals surface area contributed by atoms with Crippen molar-refractivity contribution >= 4 is 5.97 Å². The molecule has 0 aliphatic carbocycles. The van der Waals surface area contributed by atoms with Crippen LogP contribution < -0.4 is 5.32 Å². The Morgan fingerprint density at radius 1 is 1.75 bits per heavy atom. The van der Waals surface area contributed by atoms with Gasteiger partial charge in [0.1, 0.15) is 5.70 Å². The van der Waals surface area contributed by atoms with E-state index in [0.29, 0.717) is 0 Å². The highest BCUT2D eigenvalue weighted by Gasteiger charge is 2.07. The van der Waals surface area contributed by atoms with E-state index in [1.807, 2.05) is 0 Å². The van der Waals surface area contributed by atoms with E-state index in [1.54, 1.807) is 6.08 Å². The van der Waals surface area contributed by atoms with Crippen molar-refractivity contribution in [3.05, 3.63) is 24.0 Å². The summed E-state index contributed by atoms with van der Waals surface area (Å²) < 4.78 is 0. The summed E-state index contributed by atoms with van der Waals surface area (Å²) in [6, 6.07) is 0. The van der Waals surface area contributed by atoms with Gasteiger partial charge in [0.2, 0.25) is 0 Å². The predicted molar refractivity (Wildman–Crippen MR) is 27.0 cm³/mol. The van der Waals surface area contributed by atoms with E-state index in [4.69, 9.17) is 5.11 Å². The molecule has 0 saturated carbocycles. The second kappa shape index (κ2) is 1.69. The molecule has 3 nitrogen and oxygen atoms in total. The van der Waals surface area contributed by atoms with Gasteiger partial charge in [0.25, 0.3) is 0 Å². The van der Waals surface area contributed by atoms with Crippen LogP contribution in [0.4, 0.5) is 0 Å². The van der Waals surface area contributed by atoms with Crippen molar-refractivity contribution < 1.29 is 9.90 Å². The zero-order valence-electron chi connectivity index (χ0n) is 4.03. The second-order valence-corrected chi connectivity index (χ2v) is 1.33. The van der Waals surface area contributed by atoms with Crippen molar-refractivity contribution in [1.29, 1.82) is 0 Å². The molecule has 0 aromatic heterocycles. The smallest absolute Gasteiger partial charge is 0.354 e. The number of nitrogens with zero attached hydrogens (tertiary/aromatic N) is 1. The monoisotopic (exact) mass is 110 g/mol. The topological polar surface area (TPSA) is 51.4 Å². The number of aliphatic carboxylic acids is 1. The number of rotatable bonds is 1. The molecule has 8 heavy (non-hydrogen) atoms. The lowest BCUT2D eigenvalue weighted by Gasteiger charge is -1.87. The van der Waals surface area contributed by atoms with Crippen molar-refractivity contribution in [1.82, 2.24) is 5.32 Å². The Balaban J connectivity index is 2.64. The van der Waals surface area contributed by atoms with Gasteiger partial charge < -0.3 is 5.11 Å². The molecule has 0 saturated heterocycles. The highest BCUT2D eigenvalue weighted by atomic mass is 16.4. The average molecular weight is 110 g/mol. The maximum Gasteiger partial charge on any atom is 0.354 e. The summed E-state index contributed by atoms with van der Waals surface area (Å²) in [5.74, 6) is -0.977. The molecule has 3 heteroatoms. The zero-order chi connectivity index (χ0) is 5.98. The van der Waals surface area contributed by atoms with Gasteiger partial charge >= 0.3 is 5.97 Å². The summed E-state index contributed by atoms with van der Waals surface area (Å²) in [7, 11) is 0. The Hall–Kier alpha value is -1.25. The van der Waals surface area contributed by atoms with Gasteiger partial charge in [-0.25, -0.2) is 10.1 Å². The fraction of sp³-hybridized carbons (Fsp3) is 0. The first kappa shape index (κ1) is 4.90. The van der Waals surface area contributed by atoms with Gasteiger partial charge in [0, 0.05) is 6.20 Å². The van der Waals surface area contributed by atoms with Crippen LogP contribution in [0.25, 0.3) is 0 Å². The van der Waals surface area contributed by atoms with Crippen LogP contribution in [0.1, 0.15) is 0 Å². The predicted octanol–water partition coefficient (Wildman–Crippen LogP) is 0.0866. The van der Waals surface area contributed by atoms with Crippen molar-refractivity contribution in [2.75, 3.05) is 0 Å². The Morgan fingerprint density at radius 2 is 2.50 bits per heavy atom. The molecule has 1 aliphatic heterocycles. The Morgan fingerprint density at radius 3 is 2.75 bits per heavy atom. The second-order valence-electron chi connectivity index (χ2n) is 1.33. The molecule has 0 atom stereocenters. The summed E-state index contributed by atoms with van der Waals surface area (Å²) in [6.45, 7) is 0. The quantitative estimate of drug-likeness (QED) is 0.520. The van der Waals surface area contributed by atoms with Crippen LogP contribution in [0, 0.1) is 0 Å². The number of allylic oxidation sites excluding steroid dienone is 2. The molecule has 0 aromatic carbocycles. The van der Waals surface area contributed by atoms with E-state index >= 15 is 0 Å². The van der Waals surface area contributed by atoms with Crippen LogP contribution >= 0.6 is 0 Å². The Bertz CT molecular complexity index is 169.